The minimum absolute atomic E-state index is 0.0283. The molecule has 3 heterocycles. The molecule has 0 aliphatic rings. The van der Waals surface area contributed by atoms with E-state index in [1.807, 2.05) is 18.2 Å². The van der Waals surface area contributed by atoms with E-state index in [0.29, 0.717) is 17.6 Å². The Hall–Kier alpha value is -3.61. The number of fused-ring (bicyclic) bond motifs is 1. The molecule has 0 aliphatic carbocycles. The molecular weight excluding hydrogens is 335 g/mol. The van der Waals surface area contributed by atoms with Crippen LogP contribution in [0.15, 0.2) is 60.9 Å². The van der Waals surface area contributed by atoms with Crippen LogP contribution in [0.2, 0.25) is 0 Å². The van der Waals surface area contributed by atoms with E-state index in [1.165, 1.54) is 18.3 Å². The van der Waals surface area contributed by atoms with Gasteiger partial charge in [-0.25, -0.2) is 18.9 Å². The zero-order chi connectivity index (χ0) is 18.1. The van der Waals surface area contributed by atoms with Gasteiger partial charge in [0, 0.05) is 11.8 Å². The van der Waals surface area contributed by atoms with Crippen molar-refractivity contribution in [2.24, 2.45) is 0 Å². The highest BCUT2D eigenvalue weighted by atomic mass is 19.1. The fraction of sp³-hybridized carbons (Fsp3) is 0.0526. The van der Waals surface area contributed by atoms with E-state index in [-0.39, 0.29) is 16.8 Å². The van der Waals surface area contributed by atoms with Crippen molar-refractivity contribution in [2.75, 3.05) is 0 Å². The second-order valence-corrected chi connectivity index (χ2v) is 5.70. The zero-order valence-electron chi connectivity index (χ0n) is 13.5. The molecule has 0 saturated carbocycles. The lowest BCUT2D eigenvalue weighted by Gasteiger charge is -2.07. The monoisotopic (exact) mass is 348 g/mol. The maximum absolute atomic E-state index is 14.2. The molecule has 0 amide bonds. The smallest absolute Gasteiger partial charge is 0.336 e. The van der Waals surface area contributed by atoms with Crippen LogP contribution in [-0.4, -0.2) is 30.8 Å². The molecule has 6 nitrogen and oxygen atoms in total. The first kappa shape index (κ1) is 15.9. The third kappa shape index (κ3) is 2.79. The molecule has 0 atom stereocenters. The summed E-state index contributed by atoms with van der Waals surface area (Å²) in [4.78, 5) is 20.4. The molecule has 0 spiro atoms. The van der Waals surface area contributed by atoms with Crippen LogP contribution in [0.5, 0.6) is 0 Å². The number of benzene rings is 1. The van der Waals surface area contributed by atoms with Gasteiger partial charge in [0.2, 0.25) is 0 Å². The summed E-state index contributed by atoms with van der Waals surface area (Å²) in [6.07, 6.45) is 3.13. The number of carbonyl (C=O) groups is 1. The molecule has 1 N–H and O–H groups in total. The van der Waals surface area contributed by atoms with E-state index in [9.17, 15) is 14.3 Å². The van der Waals surface area contributed by atoms with E-state index >= 15 is 0 Å². The second-order valence-electron chi connectivity index (χ2n) is 5.70. The molecule has 0 aliphatic heterocycles. The van der Waals surface area contributed by atoms with Gasteiger partial charge in [-0.15, -0.1) is 0 Å². The van der Waals surface area contributed by atoms with Crippen LogP contribution in [0.25, 0.3) is 22.3 Å². The lowest BCUT2D eigenvalue weighted by atomic mass is 10.1. The van der Waals surface area contributed by atoms with Crippen molar-refractivity contribution < 1.29 is 14.3 Å². The van der Waals surface area contributed by atoms with Gasteiger partial charge in [0.1, 0.15) is 5.82 Å². The Morgan fingerprint density at radius 1 is 1.15 bits per heavy atom. The van der Waals surface area contributed by atoms with Crippen LogP contribution in [0.1, 0.15) is 16.1 Å². The first-order valence-corrected chi connectivity index (χ1v) is 7.88. The van der Waals surface area contributed by atoms with Crippen LogP contribution in [0.4, 0.5) is 4.39 Å². The number of carboxylic acid groups (broad SMARTS) is 1. The number of rotatable bonds is 4. The molecule has 0 fully saturated rings. The van der Waals surface area contributed by atoms with Crippen molar-refractivity contribution in [2.45, 2.75) is 6.54 Å². The minimum atomic E-state index is -1.12. The molecule has 3 aromatic heterocycles. The molecule has 4 rings (SSSR count). The summed E-state index contributed by atoms with van der Waals surface area (Å²) in [5.41, 5.74) is 1.64. The number of aromatic nitrogens is 4. The van der Waals surface area contributed by atoms with Gasteiger partial charge in [0.15, 0.2) is 5.65 Å². The number of hydrogen-bond acceptors (Lipinski definition) is 4. The summed E-state index contributed by atoms with van der Waals surface area (Å²) in [6, 6.07) is 13.0. The summed E-state index contributed by atoms with van der Waals surface area (Å²) < 4.78 is 15.7. The van der Waals surface area contributed by atoms with Crippen molar-refractivity contribution in [1.82, 2.24) is 19.7 Å². The van der Waals surface area contributed by atoms with Crippen LogP contribution < -0.4 is 0 Å². The number of halogens is 1. The second kappa shape index (κ2) is 6.36. The van der Waals surface area contributed by atoms with E-state index in [0.717, 1.165) is 5.69 Å². The topological polar surface area (TPSA) is 80.9 Å². The largest absolute Gasteiger partial charge is 0.478 e. The number of pyridine rings is 2. The summed E-state index contributed by atoms with van der Waals surface area (Å²) in [6.45, 7) is 0.330. The van der Waals surface area contributed by atoms with E-state index in [1.54, 1.807) is 29.1 Å². The minimum Gasteiger partial charge on any atom is -0.478 e. The average molecular weight is 348 g/mol. The van der Waals surface area contributed by atoms with E-state index in [2.05, 4.69) is 15.1 Å². The molecule has 0 unspecified atom stereocenters. The number of nitrogens with zero attached hydrogens (tertiary/aromatic N) is 4. The van der Waals surface area contributed by atoms with Gasteiger partial charge in [-0.1, -0.05) is 18.2 Å². The molecule has 128 valence electrons. The summed E-state index contributed by atoms with van der Waals surface area (Å²) in [5.74, 6) is -1.58. The van der Waals surface area contributed by atoms with Crippen molar-refractivity contribution >= 4 is 17.0 Å². The fourth-order valence-corrected chi connectivity index (χ4v) is 2.79. The van der Waals surface area contributed by atoms with Crippen LogP contribution in [-0.2, 0) is 6.54 Å². The molecule has 26 heavy (non-hydrogen) atoms. The molecule has 0 saturated heterocycles. The number of aromatic carboxylic acids is 1. The van der Waals surface area contributed by atoms with Crippen LogP contribution >= 0.6 is 0 Å². The predicted molar refractivity (Wildman–Crippen MR) is 93.2 cm³/mol. The summed E-state index contributed by atoms with van der Waals surface area (Å²) >= 11 is 0. The lowest BCUT2D eigenvalue weighted by molar-refractivity contribution is 0.0699. The van der Waals surface area contributed by atoms with E-state index < -0.39 is 11.8 Å². The highest BCUT2D eigenvalue weighted by Crippen LogP contribution is 2.27. The standard InChI is InChI=1S/C19H13FN4O2/c20-16-7-2-1-6-13(16)17-9-14(19(25)26)15-10-22-24(18(15)23-17)11-12-5-3-4-8-21-12/h1-10H,11H2,(H,25,26). The van der Waals surface area contributed by atoms with Crippen molar-refractivity contribution in [3.63, 3.8) is 0 Å². The number of hydrogen-bond donors (Lipinski definition) is 1. The van der Waals surface area contributed by atoms with Crippen LogP contribution in [0.3, 0.4) is 0 Å². The molecule has 0 radical (unpaired) electrons. The van der Waals surface area contributed by atoms with Crippen molar-refractivity contribution in [3.8, 4) is 11.3 Å². The van der Waals surface area contributed by atoms with Gasteiger partial charge >= 0.3 is 5.97 Å². The summed E-state index contributed by atoms with van der Waals surface area (Å²) in [7, 11) is 0. The first-order valence-electron chi connectivity index (χ1n) is 7.88. The predicted octanol–water partition coefficient (Wildman–Crippen LogP) is 3.38. The molecule has 1 aromatic carbocycles. The Kier molecular flexibility index (Phi) is 3.89. The zero-order valence-corrected chi connectivity index (χ0v) is 13.5. The Bertz CT molecular complexity index is 1110. The molecule has 7 heteroatoms. The Morgan fingerprint density at radius 3 is 2.69 bits per heavy atom. The first-order chi connectivity index (χ1) is 12.6. The molecule has 0 bridgehead atoms. The quantitative estimate of drug-likeness (QED) is 0.611. The van der Waals surface area contributed by atoms with Gasteiger partial charge in [0.05, 0.1) is 35.1 Å². The third-order valence-electron chi connectivity index (χ3n) is 4.03. The summed E-state index contributed by atoms with van der Waals surface area (Å²) in [5, 5.41) is 14.2. The van der Waals surface area contributed by atoms with Crippen molar-refractivity contribution in [3.05, 3.63) is 78.0 Å². The molecular formula is C19H13FN4O2. The lowest BCUT2D eigenvalue weighted by Crippen LogP contribution is -2.06. The number of carboxylic acids is 1. The maximum Gasteiger partial charge on any atom is 0.336 e. The SMILES string of the molecule is O=C(O)c1cc(-c2ccccc2F)nc2c1cnn2Cc1ccccn1. The van der Waals surface area contributed by atoms with Gasteiger partial charge in [-0.05, 0) is 30.3 Å². The Balaban J connectivity index is 1.91. The van der Waals surface area contributed by atoms with E-state index in [4.69, 9.17) is 0 Å². The van der Waals surface area contributed by atoms with Gasteiger partial charge < -0.3 is 5.11 Å². The Labute approximate surface area is 147 Å². The van der Waals surface area contributed by atoms with Crippen LogP contribution in [0, 0.1) is 5.82 Å². The third-order valence-corrected chi connectivity index (χ3v) is 4.03. The fourth-order valence-electron chi connectivity index (χ4n) is 2.79. The highest BCUT2D eigenvalue weighted by Gasteiger charge is 2.18. The van der Waals surface area contributed by atoms with Gasteiger partial charge in [0.25, 0.3) is 0 Å². The van der Waals surface area contributed by atoms with Crippen molar-refractivity contribution in [1.29, 1.82) is 0 Å². The average Bonchev–Trinajstić information content (AvgIpc) is 3.05. The normalized spacial score (nSPS) is 11.0. The maximum atomic E-state index is 14.2. The Morgan fingerprint density at radius 2 is 1.96 bits per heavy atom. The molecule has 4 aromatic rings. The highest BCUT2D eigenvalue weighted by molar-refractivity contribution is 6.02. The van der Waals surface area contributed by atoms with Gasteiger partial charge in [-0.2, -0.15) is 5.10 Å². The van der Waals surface area contributed by atoms with Gasteiger partial charge in [-0.3, -0.25) is 4.98 Å².